The number of carbonyl (C=O) groups is 1. The molecule has 0 saturated carbocycles. The summed E-state index contributed by atoms with van der Waals surface area (Å²) in [5, 5.41) is 9.53. The third-order valence-corrected chi connectivity index (χ3v) is 4.39. The minimum absolute atomic E-state index is 0.412. The maximum Gasteiger partial charge on any atom is 0.409 e. The SMILES string of the molecule is CN(C)C1(N2CCCCC2)CCCCN1C(=O)O. The van der Waals surface area contributed by atoms with Crippen LogP contribution in [-0.2, 0) is 0 Å². The molecule has 5 nitrogen and oxygen atoms in total. The number of nitrogens with zero attached hydrogens (tertiary/aromatic N) is 3. The Hall–Kier alpha value is -0.810. The molecule has 0 aromatic rings. The van der Waals surface area contributed by atoms with Crippen LogP contribution < -0.4 is 0 Å². The van der Waals surface area contributed by atoms with Crippen LogP contribution in [0, 0.1) is 0 Å². The molecular weight excluding hydrogens is 230 g/mol. The highest BCUT2D eigenvalue weighted by atomic mass is 16.4. The summed E-state index contributed by atoms with van der Waals surface area (Å²) in [5.41, 5.74) is 0. The molecule has 1 unspecified atom stereocenters. The molecule has 0 radical (unpaired) electrons. The van der Waals surface area contributed by atoms with Gasteiger partial charge < -0.3 is 5.11 Å². The molecule has 2 saturated heterocycles. The lowest BCUT2D eigenvalue weighted by atomic mass is 9.97. The van der Waals surface area contributed by atoms with Crippen molar-refractivity contribution in [3.8, 4) is 0 Å². The van der Waals surface area contributed by atoms with E-state index in [0.29, 0.717) is 6.54 Å². The Morgan fingerprint density at radius 2 is 1.67 bits per heavy atom. The van der Waals surface area contributed by atoms with E-state index < -0.39 is 11.9 Å². The van der Waals surface area contributed by atoms with Gasteiger partial charge in [-0.25, -0.2) is 4.79 Å². The first-order valence-electron chi connectivity index (χ1n) is 7.02. The summed E-state index contributed by atoms with van der Waals surface area (Å²) in [6, 6.07) is 0. The molecule has 2 aliphatic heterocycles. The summed E-state index contributed by atoms with van der Waals surface area (Å²) in [4.78, 5) is 17.7. The van der Waals surface area contributed by atoms with E-state index in [1.54, 1.807) is 4.90 Å². The Balaban J connectivity index is 2.29. The van der Waals surface area contributed by atoms with Crippen LogP contribution in [0.2, 0.25) is 0 Å². The first-order chi connectivity index (χ1) is 8.59. The Kier molecular flexibility index (Phi) is 4.12. The zero-order chi connectivity index (χ0) is 13.2. The predicted molar refractivity (Wildman–Crippen MR) is 70.4 cm³/mol. The molecule has 0 spiro atoms. The number of likely N-dealkylation sites (tertiary alicyclic amines) is 2. The monoisotopic (exact) mass is 255 g/mol. The second-order valence-electron chi connectivity index (χ2n) is 5.61. The van der Waals surface area contributed by atoms with Gasteiger partial charge in [-0.05, 0) is 46.2 Å². The Morgan fingerprint density at radius 3 is 2.22 bits per heavy atom. The van der Waals surface area contributed by atoms with Gasteiger partial charge in [-0.1, -0.05) is 6.42 Å². The number of hydrogen-bond donors (Lipinski definition) is 1. The van der Waals surface area contributed by atoms with Crippen LogP contribution in [0.5, 0.6) is 0 Å². The molecule has 0 aromatic carbocycles. The molecule has 104 valence electrons. The Morgan fingerprint density at radius 1 is 1.06 bits per heavy atom. The first-order valence-corrected chi connectivity index (χ1v) is 7.02. The molecule has 2 heterocycles. The molecule has 1 amide bonds. The van der Waals surface area contributed by atoms with E-state index in [4.69, 9.17) is 0 Å². The number of carboxylic acid groups (broad SMARTS) is 1. The highest BCUT2D eigenvalue weighted by Gasteiger charge is 2.48. The second kappa shape index (κ2) is 5.45. The summed E-state index contributed by atoms with van der Waals surface area (Å²) in [7, 11) is 4.02. The minimum Gasteiger partial charge on any atom is -0.465 e. The van der Waals surface area contributed by atoms with Gasteiger partial charge in [-0.3, -0.25) is 14.7 Å². The molecule has 0 aromatic heterocycles. The van der Waals surface area contributed by atoms with Gasteiger partial charge in [0.15, 0.2) is 5.79 Å². The summed E-state index contributed by atoms with van der Waals surface area (Å²) in [6.07, 6.45) is 5.87. The van der Waals surface area contributed by atoms with Crippen LogP contribution in [-0.4, -0.2) is 65.4 Å². The van der Waals surface area contributed by atoms with E-state index in [2.05, 4.69) is 9.80 Å². The fourth-order valence-electron chi connectivity index (χ4n) is 3.52. The summed E-state index contributed by atoms with van der Waals surface area (Å²) < 4.78 is 0. The van der Waals surface area contributed by atoms with Crippen molar-refractivity contribution in [2.45, 2.75) is 44.3 Å². The predicted octanol–water partition coefficient (Wildman–Crippen LogP) is 1.85. The lowest BCUT2D eigenvalue weighted by Crippen LogP contribution is -2.71. The number of rotatable bonds is 2. The van der Waals surface area contributed by atoms with Gasteiger partial charge in [0.1, 0.15) is 0 Å². The third-order valence-electron chi connectivity index (χ3n) is 4.39. The molecule has 0 bridgehead atoms. The largest absolute Gasteiger partial charge is 0.465 e. The normalized spacial score (nSPS) is 30.7. The fourth-order valence-corrected chi connectivity index (χ4v) is 3.52. The van der Waals surface area contributed by atoms with Gasteiger partial charge in [0.2, 0.25) is 0 Å². The van der Waals surface area contributed by atoms with Crippen LogP contribution >= 0.6 is 0 Å². The standard InChI is InChI=1S/C13H25N3O2/c1-14(2)13(15-9-5-3-6-10-15)8-4-7-11-16(13)12(17)18/h3-11H2,1-2H3,(H,17,18). The quantitative estimate of drug-likeness (QED) is 0.818. The molecule has 1 atom stereocenters. The second-order valence-corrected chi connectivity index (χ2v) is 5.61. The molecule has 5 heteroatoms. The van der Waals surface area contributed by atoms with E-state index in [0.717, 1.165) is 32.4 Å². The molecule has 2 fully saturated rings. The topological polar surface area (TPSA) is 47.0 Å². The van der Waals surface area contributed by atoms with Gasteiger partial charge in [0, 0.05) is 19.6 Å². The molecule has 1 N–H and O–H groups in total. The maximum atomic E-state index is 11.6. The third kappa shape index (κ3) is 2.21. The summed E-state index contributed by atoms with van der Waals surface area (Å²) in [5.74, 6) is -0.412. The van der Waals surface area contributed by atoms with Crippen molar-refractivity contribution in [3.63, 3.8) is 0 Å². The van der Waals surface area contributed by atoms with Crippen molar-refractivity contribution in [1.29, 1.82) is 0 Å². The zero-order valence-electron chi connectivity index (χ0n) is 11.6. The molecular formula is C13H25N3O2. The average molecular weight is 255 g/mol. The number of amides is 1. The van der Waals surface area contributed by atoms with Gasteiger partial charge in [-0.15, -0.1) is 0 Å². The van der Waals surface area contributed by atoms with Crippen LogP contribution in [0.1, 0.15) is 38.5 Å². The van der Waals surface area contributed by atoms with E-state index >= 15 is 0 Å². The van der Waals surface area contributed by atoms with Crippen molar-refractivity contribution in [2.75, 3.05) is 33.7 Å². The van der Waals surface area contributed by atoms with Gasteiger partial charge in [-0.2, -0.15) is 0 Å². The Bertz CT molecular complexity index is 303. The summed E-state index contributed by atoms with van der Waals surface area (Å²) >= 11 is 0. The van der Waals surface area contributed by atoms with E-state index in [9.17, 15) is 9.90 Å². The fraction of sp³-hybridized carbons (Fsp3) is 0.923. The zero-order valence-corrected chi connectivity index (χ0v) is 11.6. The van der Waals surface area contributed by atoms with Crippen LogP contribution in [0.25, 0.3) is 0 Å². The van der Waals surface area contributed by atoms with E-state index in [-0.39, 0.29) is 0 Å². The van der Waals surface area contributed by atoms with Crippen molar-refractivity contribution >= 4 is 6.09 Å². The van der Waals surface area contributed by atoms with E-state index in [1.165, 1.54) is 19.3 Å². The maximum absolute atomic E-state index is 11.6. The first kappa shape index (κ1) is 13.6. The van der Waals surface area contributed by atoms with Crippen LogP contribution in [0.15, 0.2) is 0 Å². The molecule has 2 rings (SSSR count). The smallest absolute Gasteiger partial charge is 0.409 e. The summed E-state index contributed by atoms with van der Waals surface area (Å²) in [6.45, 7) is 2.69. The number of hydrogen-bond acceptors (Lipinski definition) is 3. The average Bonchev–Trinajstić information content (AvgIpc) is 2.39. The van der Waals surface area contributed by atoms with Crippen molar-refractivity contribution in [1.82, 2.24) is 14.7 Å². The van der Waals surface area contributed by atoms with Crippen LogP contribution in [0.4, 0.5) is 4.79 Å². The van der Waals surface area contributed by atoms with Crippen LogP contribution in [0.3, 0.4) is 0 Å². The van der Waals surface area contributed by atoms with Gasteiger partial charge >= 0.3 is 6.09 Å². The molecule has 2 aliphatic rings. The van der Waals surface area contributed by atoms with Crippen molar-refractivity contribution in [3.05, 3.63) is 0 Å². The molecule has 18 heavy (non-hydrogen) atoms. The van der Waals surface area contributed by atoms with Gasteiger partial charge in [0.25, 0.3) is 0 Å². The minimum atomic E-state index is -0.783. The number of piperidine rings is 2. The van der Waals surface area contributed by atoms with E-state index in [1.807, 2.05) is 14.1 Å². The van der Waals surface area contributed by atoms with Gasteiger partial charge in [0.05, 0.1) is 0 Å². The highest BCUT2D eigenvalue weighted by Crippen LogP contribution is 2.35. The van der Waals surface area contributed by atoms with Crippen molar-refractivity contribution in [2.24, 2.45) is 0 Å². The Labute approximate surface area is 109 Å². The lowest BCUT2D eigenvalue weighted by molar-refractivity contribution is -0.161. The highest BCUT2D eigenvalue weighted by molar-refractivity contribution is 5.66. The van der Waals surface area contributed by atoms with Crippen molar-refractivity contribution < 1.29 is 9.90 Å². The lowest BCUT2D eigenvalue weighted by Gasteiger charge is -2.56. The molecule has 0 aliphatic carbocycles.